The van der Waals surface area contributed by atoms with Crippen molar-refractivity contribution in [2.24, 2.45) is 0 Å². The molecule has 1 atom stereocenters. The van der Waals surface area contributed by atoms with Crippen LogP contribution in [-0.2, 0) is 16.8 Å². The van der Waals surface area contributed by atoms with Crippen molar-refractivity contribution in [3.8, 4) is 0 Å². The Kier molecular flexibility index (Phi) is 2.88. The van der Waals surface area contributed by atoms with Crippen LogP contribution in [0.3, 0.4) is 0 Å². The lowest BCUT2D eigenvalue weighted by Crippen LogP contribution is -2.43. The Balaban J connectivity index is 2.41. The van der Waals surface area contributed by atoms with Gasteiger partial charge in [-0.2, -0.15) is 0 Å². The molecule has 0 unspecified atom stereocenters. The Morgan fingerprint density at radius 3 is 2.18 bits per heavy atom. The molecule has 0 aromatic heterocycles. The second-order valence-electron chi connectivity index (χ2n) is 4.22. The molecule has 4 heteroatoms. The van der Waals surface area contributed by atoms with Crippen LogP contribution >= 0.6 is 0 Å². The number of carbonyl (C=O) groups is 2. The number of hydrogen-bond donors (Lipinski definition) is 2. The average molecular weight is 232 g/mol. The number of amides is 3. The van der Waals surface area contributed by atoms with Crippen molar-refractivity contribution in [2.45, 2.75) is 32.2 Å². The zero-order valence-electron chi connectivity index (χ0n) is 10.0. The van der Waals surface area contributed by atoms with E-state index >= 15 is 0 Å². The van der Waals surface area contributed by atoms with E-state index in [1.807, 2.05) is 31.2 Å². The van der Waals surface area contributed by atoms with Gasteiger partial charge < -0.3 is 5.32 Å². The van der Waals surface area contributed by atoms with E-state index in [0.717, 1.165) is 12.0 Å². The highest BCUT2D eigenvalue weighted by Gasteiger charge is 2.45. The maximum absolute atomic E-state index is 11.9. The Morgan fingerprint density at radius 2 is 1.76 bits per heavy atom. The number of urea groups is 1. The highest BCUT2D eigenvalue weighted by molar-refractivity contribution is 6.07. The molecule has 1 saturated heterocycles. The summed E-state index contributed by atoms with van der Waals surface area (Å²) in [6, 6.07) is 7.38. The molecule has 2 rings (SSSR count). The van der Waals surface area contributed by atoms with E-state index in [1.54, 1.807) is 0 Å². The van der Waals surface area contributed by atoms with Crippen LogP contribution in [0.1, 0.15) is 31.4 Å². The lowest BCUT2D eigenvalue weighted by molar-refractivity contribution is -0.124. The molecule has 1 aliphatic rings. The first kappa shape index (κ1) is 11.6. The smallest absolute Gasteiger partial charge is 0.319 e. The van der Waals surface area contributed by atoms with Crippen LogP contribution in [0.25, 0.3) is 0 Å². The van der Waals surface area contributed by atoms with Gasteiger partial charge in [0.15, 0.2) is 0 Å². The fourth-order valence-electron chi connectivity index (χ4n) is 2.17. The van der Waals surface area contributed by atoms with Gasteiger partial charge in [-0.1, -0.05) is 38.1 Å². The van der Waals surface area contributed by atoms with Crippen LogP contribution < -0.4 is 10.6 Å². The van der Waals surface area contributed by atoms with Crippen LogP contribution in [0, 0.1) is 0 Å². The van der Waals surface area contributed by atoms with Crippen molar-refractivity contribution in [1.82, 2.24) is 10.6 Å². The molecule has 0 saturated carbocycles. The summed E-state index contributed by atoms with van der Waals surface area (Å²) in [4.78, 5) is 23.2. The molecule has 0 radical (unpaired) electrons. The SMILES string of the molecule is CCc1ccc([C@@]2(CC)NC(=O)NC2=O)cc1. The van der Waals surface area contributed by atoms with Crippen LogP contribution in [-0.4, -0.2) is 11.9 Å². The van der Waals surface area contributed by atoms with E-state index in [4.69, 9.17) is 0 Å². The van der Waals surface area contributed by atoms with Crippen LogP contribution in [0.4, 0.5) is 4.79 Å². The quantitative estimate of drug-likeness (QED) is 0.779. The summed E-state index contributed by atoms with van der Waals surface area (Å²) < 4.78 is 0. The van der Waals surface area contributed by atoms with Gasteiger partial charge in [-0.3, -0.25) is 10.1 Å². The lowest BCUT2D eigenvalue weighted by Gasteiger charge is -2.25. The molecule has 1 aromatic rings. The normalized spacial score (nSPS) is 23.4. The summed E-state index contributed by atoms with van der Waals surface area (Å²) in [5, 5.41) is 5.02. The second-order valence-corrected chi connectivity index (χ2v) is 4.22. The molecule has 1 aliphatic heterocycles. The van der Waals surface area contributed by atoms with Crippen molar-refractivity contribution in [2.75, 3.05) is 0 Å². The van der Waals surface area contributed by atoms with Crippen molar-refractivity contribution in [3.63, 3.8) is 0 Å². The van der Waals surface area contributed by atoms with Crippen molar-refractivity contribution in [1.29, 1.82) is 0 Å². The zero-order valence-corrected chi connectivity index (χ0v) is 10.0. The predicted octanol–water partition coefficient (Wildman–Crippen LogP) is 1.69. The van der Waals surface area contributed by atoms with Gasteiger partial charge in [-0.25, -0.2) is 4.79 Å². The molecular formula is C13H16N2O2. The Morgan fingerprint density at radius 1 is 1.12 bits per heavy atom. The lowest BCUT2D eigenvalue weighted by atomic mass is 9.87. The third-order valence-electron chi connectivity index (χ3n) is 3.33. The third kappa shape index (κ3) is 1.79. The zero-order chi connectivity index (χ0) is 12.5. The molecule has 2 N–H and O–H groups in total. The Hall–Kier alpha value is -1.84. The first-order valence-electron chi connectivity index (χ1n) is 5.85. The molecule has 17 heavy (non-hydrogen) atoms. The van der Waals surface area contributed by atoms with Gasteiger partial charge in [0.1, 0.15) is 5.54 Å². The summed E-state index contributed by atoms with van der Waals surface area (Å²) >= 11 is 0. The fourth-order valence-corrected chi connectivity index (χ4v) is 2.17. The minimum Gasteiger partial charge on any atom is -0.319 e. The van der Waals surface area contributed by atoms with E-state index in [1.165, 1.54) is 5.56 Å². The largest absolute Gasteiger partial charge is 0.322 e. The van der Waals surface area contributed by atoms with Gasteiger partial charge in [0.2, 0.25) is 0 Å². The third-order valence-corrected chi connectivity index (χ3v) is 3.33. The number of aryl methyl sites for hydroxylation is 1. The van der Waals surface area contributed by atoms with Crippen LogP contribution in [0.5, 0.6) is 0 Å². The summed E-state index contributed by atoms with van der Waals surface area (Å²) in [5.74, 6) is -0.269. The average Bonchev–Trinajstić information content (AvgIpc) is 2.65. The number of hydrogen-bond acceptors (Lipinski definition) is 2. The Bertz CT molecular complexity index is 453. The second kappa shape index (κ2) is 4.20. The van der Waals surface area contributed by atoms with E-state index in [-0.39, 0.29) is 5.91 Å². The molecule has 4 nitrogen and oxygen atoms in total. The molecule has 1 aromatic carbocycles. The Labute approximate surface area is 100 Å². The van der Waals surface area contributed by atoms with Gasteiger partial charge >= 0.3 is 6.03 Å². The predicted molar refractivity (Wildman–Crippen MR) is 64.5 cm³/mol. The molecular weight excluding hydrogens is 216 g/mol. The first-order chi connectivity index (χ1) is 8.12. The van der Waals surface area contributed by atoms with Gasteiger partial charge in [-0.15, -0.1) is 0 Å². The molecule has 0 spiro atoms. The first-order valence-corrected chi connectivity index (χ1v) is 5.85. The fraction of sp³-hybridized carbons (Fsp3) is 0.385. The van der Waals surface area contributed by atoms with E-state index in [9.17, 15) is 9.59 Å². The molecule has 90 valence electrons. The van der Waals surface area contributed by atoms with E-state index in [2.05, 4.69) is 17.6 Å². The standard InChI is InChI=1S/C13H16N2O2/c1-3-9-5-7-10(8-6-9)13(4-2)11(16)14-12(17)15-13/h5-8H,3-4H2,1-2H3,(H2,14,15,16,17)/t13-/m1/s1. The number of rotatable bonds is 3. The van der Waals surface area contributed by atoms with Crippen molar-refractivity contribution < 1.29 is 9.59 Å². The number of nitrogens with one attached hydrogen (secondary N) is 2. The van der Waals surface area contributed by atoms with Crippen LogP contribution in [0.2, 0.25) is 0 Å². The van der Waals surface area contributed by atoms with Gasteiger partial charge in [-0.05, 0) is 24.0 Å². The maximum atomic E-state index is 11.9. The summed E-state index contributed by atoms with van der Waals surface area (Å²) in [5.41, 5.74) is 1.15. The molecule has 0 aliphatic carbocycles. The van der Waals surface area contributed by atoms with Gasteiger partial charge in [0, 0.05) is 0 Å². The molecule has 3 amide bonds. The van der Waals surface area contributed by atoms with E-state index in [0.29, 0.717) is 6.42 Å². The van der Waals surface area contributed by atoms with E-state index < -0.39 is 11.6 Å². The number of carbonyl (C=O) groups excluding carboxylic acids is 2. The van der Waals surface area contributed by atoms with Crippen LogP contribution in [0.15, 0.2) is 24.3 Å². The summed E-state index contributed by atoms with van der Waals surface area (Å²) in [6.45, 7) is 3.97. The highest BCUT2D eigenvalue weighted by atomic mass is 16.2. The molecule has 1 heterocycles. The van der Waals surface area contributed by atoms with Crippen molar-refractivity contribution >= 4 is 11.9 Å². The molecule has 0 bridgehead atoms. The summed E-state index contributed by atoms with van der Waals surface area (Å²) in [6.07, 6.45) is 1.49. The maximum Gasteiger partial charge on any atom is 0.322 e. The topological polar surface area (TPSA) is 58.2 Å². The summed E-state index contributed by atoms with van der Waals surface area (Å²) in [7, 11) is 0. The van der Waals surface area contributed by atoms with Gasteiger partial charge in [0.25, 0.3) is 5.91 Å². The number of imide groups is 1. The minimum absolute atomic E-state index is 0.269. The molecule has 1 fully saturated rings. The monoisotopic (exact) mass is 232 g/mol. The number of benzene rings is 1. The van der Waals surface area contributed by atoms with Gasteiger partial charge in [0.05, 0.1) is 0 Å². The highest BCUT2D eigenvalue weighted by Crippen LogP contribution is 2.28. The minimum atomic E-state index is -0.899. The van der Waals surface area contributed by atoms with Crippen molar-refractivity contribution in [3.05, 3.63) is 35.4 Å².